The van der Waals surface area contributed by atoms with Gasteiger partial charge >= 0.3 is 0 Å². The molecule has 26 heavy (non-hydrogen) atoms. The SMILES string of the molecule is Cn1c(=O)c(CN[C@@H]2CC(Cn3cccn3)C[C@H]2O)cc2ccccc21. The van der Waals surface area contributed by atoms with Gasteiger partial charge in [-0.2, -0.15) is 5.10 Å². The number of hydrogen-bond donors (Lipinski definition) is 2. The molecule has 2 aromatic heterocycles. The summed E-state index contributed by atoms with van der Waals surface area (Å²) in [6.45, 7) is 1.29. The highest BCUT2D eigenvalue weighted by Gasteiger charge is 2.32. The molecule has 1 saturated carbocycles. The van der Waals surface area contributed by atoms with Crippen molar-refractivity contribution >= 4 is 10.9 Å². The second-order valence-corrected chi connectivity index (χ2v) is 7.21. The van der Waals surface area contributed by atoms with Gasteiger partial charge in [0.25, 0.3) is 5.56 Å². The van der Waals surface area contributed by atoms with E-state index in [1.54, 1.807) is 17.8 Å². The van der Waals surface area contributed by atoms with Gasteiger partial charge in [-0.1, -0.05) is 18.2 Å². The predicted molar refractivity (Wildman–Crippen MR) is 101 cm³/mol. The molecule has 6 nitrogen and oxygen atoms in total. The monoisotopic (exact) mass is 352 g/mol. The van der Waals surface area contributed by atoms with Gasteiger partial charge in [-0.25, -0.2) is 0 Å². The van der Waals surface area contributed by atoms with Crippen LogP contribution in [0.3, 0.4) is 0 Å². The number of nitrogens with zero attached hydrogens (tertiary/aromatic N) is 3. The van der Waals surface area contributed by atoms with Gasteiger partial charge in [0, 0.05) is 44.1 Å². The Labute approximate surface area is 152 Å². The number of aryl methyl sites for hydroxylation is 1. The van der Waals surface area contributed by atoms with Crippen LogP contribution >= 0.6 is 0 Å². The summed E-state index contributed by atoms with van der Waals surface area (Å²) in [6.07, 6.45) is 4.98. The smallest absolute Gasteiger partial charge is 0.255 e. The first-order valence-corrected chi connectivity index (χ1v) is 9.08. The van der Waals surface area contributed by atoms with E-state index in [1.165, 1.54) is 0 Å². The number of rotatable bonds is 5. The zero-order valence-electron chi connectivity index (χ0n) is 14.9. The van der Waals surface area contributed by atoms with Crippen LogP contribution < -0.4 is 10.9 Å². The molecule has 0 aliphatic heterocycles. The number of fused-ring (bicyclic) bond motifs is 1. The van der Waals surface area contributed by atoms with E-state index in [-0.39, 0.29) is 17.7 Å². The molecule has 1 fully saturated rings. The molecule has 1 aliphatic carbocycles. The van der Waals surface area contributed by atoms with Crippen molar-refractivity contribution in [2.45, 2.75) is 38.1 Å². The van der Waals surface area contributed by atoms with Crippen molar-refractivity contribution in [3.05, 3.63) is 64.7 Å². The second kappa shape index (κ2) is 7.05. The van der Waals surface area contributed by atoms with Crippen LogP contribution in [0.2, 0.25) is 0 Å². The van der Waals surface area contributed by atoms with E-state index in [2.05, 4.69) is 10.4 Å². The fourth-order valence-corrected chi connectivity index (χ4v) is 4.02. The van der Waals surface area contributed by atoms with Crippen LogP contribution in [-0.2, 0) is 20.1 Å². The lowest BCUT2D eigenvalue weighted by molar-refractivity contribution is 0.145. The molecule has 3 aromatic rings. The third-order valence-corrected chi connectivity index (χ3v) is 5.39. The van der Waals surface area contributed by atoms with Crippen LogP contribution in [0.25, 0.3) is 10.9 Å². The maximum atomic E-state index is 12.6. The summed E-state index contributed by atoms with van der Waals surface area (Å²) < 4.78 is 3.61. The Morgan fingerprint density at radius 2 is 2.12 bits per heavy atom. The average Bonchev–Trinajstić information content (AvgIpc) is 3.27. The zero-order valence-corrected chi connectivity index (χ0v) is 14.9. The van der Waals surface area contributed by atoms with Crippen molar-refractivity contribution in [1.29, 1.82) is 0 Å². The number of hydrogen-bond acceptors (Lipinski definition) is 4. The molecule has 2 N–H and O–H groups in total. The summed E-state index contributed by atoms with van der Waals surface area (Å²) >= 11 is 0. The van der Waals surface area contributed by atoms with Crippen molar-refractivity contribution in [2.24, 2.45) is 13.0 Å². The van der Waals surface area contributed by atoms with E-state index in [9.17, 15) is 9.90 Å². The molecule has 0 bridgehead atoms. The first kappa shape index (κ1) is 17.0. The van der Waals surface area contributed by atoms with Crippen molar-refractivity contribution in [3.63, 3.8) is 0 Å². The quantitative estimate of drug-likeness (QED) is 0.733. The normalized spacial score (nSPS) is 22.9. The van der Waals surface area contributed by atoms with Gasteiger partial charge in [0.15, 0.2) is 0 Å². The second-order valence-electron chi connectivity index (χ2n) is 7.21. The molecular weight excluding hydrogens is 328 g/mol. The van der Waals surface area contributed by atoms with Gasteiger partial charge in [0.1, 0.15) is 0 Å². The van der Waals surface area contributed by atoms with Gasteiger partial charge in [0.2, 0.25) is 0 Å². The van der Waals surface area contributed by atoms with Crippen LogP contribution in [0, 0.1) is 5.92 Å². The topological polar surface area (TPSA) is 72.1 Å². The molecule has 0 spiro atoms. The van der Waals surface area contributed by atoms with Crippen LogP contribution in [0.1, 0.15) is 18.4 Å². The number of pyridine rings is 1. The van der Waals surface area contributed by atoms with Crippen LogP contribution in [0.15, 0.2) is 53.6 Å². The maximum Gasteiger partial charge on any atom is 0.255 e. The van der Waals surface area contributed by atoms with Crippen molar-refractivity contribution in [3.8, 4) is 0 Å². The van der Waals surface area contributed by atoms with Gasteiger partial charge in [-0.15, -0.1) is 0 Å². The summed E-state index contributed by atoms with van der Waals surface area (Å²) in [5.41, 5.74) is 1.67. The van der Waals surface area contributed by atoms with E-state index in [4.69, 9.17) is 0 Å². The lowest BCUT2D eigenvalue weighted by atomic mass is 10.1. The van der Waals surface area contributed by atoms with Gasteiger partial charge < -0.3 is 15.0 Å². The van der Waals surface area contributed by atoms with E-state index in [0.29, 0.717) is 12.5 Å². The lowest BCUT2D eigenvalue weighted by Gasteiger charge is -2.17. The third-order valence-electron chi connectivity index (χ3n) is 5.39. The lowest BCUT2D eigenvalue weighted by Crippen LogP contribution is -2.37. The van der Waals surface area contributed by atoms with Gasteiger partial charge in [-0.3, -0.25) is 9.48 Å². The first-order chi connectivity index (χ1) is 12.6. The van der Waals surface area contributed by atoms with Crippen LogP contribution in [-0.4, -0.2) is 31.6 Å². The van der Waals surface area contributed by atoms with E-state index < -0.39 is 0 Å². The summed E-state index contributed by atoms with van der Waals surface area (Å²) in [5.74, 6) is 0.391. The van der Waals surface area contributed by atoms with Gasteiger partial charge in [-0.05, 0) is 42.3 Å². The van der Waals surface area contributed by atoms with E-state index >= 15 is 0 Å². The minimum Gasteiger partial charge on any atom is -0.391 e. The van der Waals surface area contributed by atoms with Crippen LogP contribution in [0.5, 0.6) is 0 Å². The standard InChI is InChI=1S/C20H24N4O2/c1-23-18-6-3-2-5-15(18)11-16(20(23)26)12-21-17-9-14(10-19(17)25)13-24-8-4-7-22-24/h2-8,11,14,17,19,21,25H,9-10,12-13H2,1H3/t14?,17-,19-/m1/s1. The first-order valence-electron chi connectivity index (χ1n) is 9.08. The van der Waals surface area contributed by atoms with Crippen molar-refractivity contribution in [2.75, 3.05) is 0 Å². The molecule has 4 rings (SSSR count). The highest BCUT2D eigenvalue weighted by atomic mass is 16.3. The Morgan fingerprint density at radius 1 is 1.27 bits per heavy atom. The number of aliphatic hydroxyl groups is 1. The Kier molecular flexibility index (Phi) is 4.61. The van der Waals surface area contributed by atoms with Crippen molar-refractivity contribution in [1.82, 2.24) is 19.7 Å². The summed E-state index contributed by atoms with van der Waals surface area (Å²) in [7, 11) is 1.80. The Balaban J connectivity index is 1.45. The summed E-state index contributed by atoms with van der Waals surface area (Å²) in [4.78, 5) is 12.6. The molecule has 0 amide bonds. The fraction of sp³-hybridized carbons (Fsp3) is 0.400. The fourth-order valence-electron chi connectivity index (χ4n) is 4.02. The zero-order chi connectivity index (χ0) is 18.1. The number of benzene rings is 1. The number of aromatic nitrogens is 3. The maximum absolute atomic E-state index is 12.6. The van der Waals surface area contributed by atoms with Gasteiger partial charge in [0.05, 0.1) is 11.6 Å². The Hall–Kier alpha value is -2.44. The largest absolute Gasteiger partial charge is 0.391 e. The number of nitrogens with one attached hydrogen (secondary N) is 1. The minimum absolute atomic E-state index is 0.00624. The van der Waals surface area contributed by atoms with Crippen LogP contribution in [0.4, 0.5) is 0 Å². The van der Waals surface area contributed by atoms with E-state index in [1.807, 2.05) is 47.3 Å². The number of aliphatic hydroxyl groups excluding tert-OH is 1. The Morgan fingerprint density at radius 3 is 2.92 bits per heavy atom. The molecule has 136 valence electrons. The number of para-hydroxylation sites is 1. The molecule has 3 atom stereocenters. The molecule has 1 unspecified atom stereocenters. The Bertz CT molecular complexity index is 948. The molecule has 1 aliphatic rings. The highest BCUT2D eigenvalue weighted by molar-refractivity contribution is 5.79. The molecule has 1 aromatic carbocycles. The van der Waals surface area contributed by atoms with Crippen molar-refractivity contribution < 1.29 is 5.11 Å². The van der Waals surface area contributed by atoms with E-state index in [0.717, 1.165) is 35.9 Å². The molecule has 6 heteroatoms. The average molecular weight is 352 g/mol. The molecule has 2 heterocycles. The summed E-state index contributed by atoms with van der Waals surface area (Å²) in [5, 5.41) is 19.1. The molecule has 0 saturated heterocycles. The highest BCUT2D eigenvalue weighted by Crippen LogP contribution is 2.27. The predicted octanol–water partition coefficient (Wildman–Crippen LogP) is 1.66. The molecule has 0 radical (unpaired) electrons. The molecular formula is C20H24N4O2. The minimum atomic E-state index is -0.389. The third kappa shape index (κ3) is 3.30. The summed E-state index contributed by atoms with van der Waals surface area (Å²) in [6, 6.07) is 11.8.